The number of fused-ring (bicyclic) bond motifs is 2. The summed E-state index contributed by atoms with van der Waals surface area (Å²) in [5.74, 6) is 0.223. The molecule has 0 saturated carbocycles. The normalized spacial score (nSPS) is 26.0. The summed E-state index contributed by atoms with van der Waals surface area (Å²) in [6, 6.07) is 8.87. The minimum Gasteiger partial charge on any atom is -0.330 e. The summed E-state index contributed by atoms with van der Waals surface area (Å²) in [7, 11) is 0. The van der Waals surface area contributed by atoms with Gasteiger partial charge in [0.25, 0.3) is 5.91 Å². The molecule has 3 rings (SSSR count). The molecule has 2 heterocycles. The topological polar surface area (TPSA) is 23.6 Å². The van der Waals surface area contributed by atoms with Crippen molar-refractivity contribution in [1.82, 2.24) is 9.80 Å². The van der Waals surface area contributed by atoms with Gasteiger partial charge in [-0.3, -0.25) is 9.69 Å². The number of thioether (sulfide) groups is 1. The molecule has 0 aromatic heterocycles. The molecule has 3 nitrogen and oxygen atoms in total. The van der Waals surface area contributed by atoms with Crippen LogP contribution in [0.3, 0.4) is 0 Å². The van der Waals surface area contributed by atoms with E-state index in [0.717, 1.165) is 38.0 Å². The number of nitrogens with zero attached hydrogens (tertiary/aromatic N) is 2. The van der Waals surface area contributed by atoms with Gasteiger partial charge >= 0.3 is 0 Å². The molecule has 1 aromatic rings. The summed E-state index contributed by atoms with van der Waals surface area (Å²) in [5.41, 5.74) is 0.838. The maximum Gasteiger partial charge on any atom is 0.254 e. The highest BCUT2D eigenvalue weighted by molar-refractivity contribution is 7.98. The van der Waals surface area contributed by atoms with E-state index in [1.165, 1.54) is 4.90 Å². The van der Waals surface area contributed by atoms with Crippen LogP contribution < -0.4 is 0 Å². The average Bonchev–Trinajstić information content (AvgIpc) is 2.76. The first-order valence-corrected chi connectivity index (χ1v) is 8.64. The van der Waals surface area contributed by atoms with Gasteiger partial charge in [0.2, 0.25) is 0 Å². The van der Waals surface area contributed by atoms with Crippen LogP contribution in [0.4, 0.5) is 0 Å². The number of rotatable bonds is 3. The van der Waals surface area contributed by atoms with E-state index in [9.17, 15) is 4.79 Å². The van der Waals surface area contributed by atoms with E-state index in [-0.39, 0.29) is 5.91 Å². The largest absolute Gasteiger partial charge is 0.330 e. The first-order valence-electron chi connectivity index (χ1n) is 7.42. The zero-order chi connectivity index (χ0) is 14.1. The zero-order valence-corrected chi connectivity index (χ0v) is 13.0. The van der Waals surface area contributed by atoms with Crippen molar-refractivity contribution in [1.29, 1.82) is 0 Å². The third kappa shape index (κ3) is 2.47. The first kappa shape index (κ1) is 14.0. The standard InChI is InChI=1S/C16H22N2OS/c1-3-17-10-13-6-7-14(11-17)18(13)16(19)12-4-8-15(20-2)9-5-12/h4-5,8-9,13-14H,3,6-7,10-11H2,1-2H3. The smallest absolute Gasteiger partial charge is 0.254 e. The van der Waals surface area contributed by atoms with Crippen molar-refractivity contribution in [2.24, 2.45) is 0 Å². The highest BCUT2D eigenvalue weighted by Crippen LogP contribution is 2.31. The summed E-state index contributed by atoms with van der Waals surface area (Å²) in [4.78, 5) is 18.6. The van der Waals surface area contributed by atoms with Gasteiger partial charge in [-0.15, -0.1) is 11.8 Å². The Labute approximate surface area is 125 Å². The van der Waals surface area contributed by atoms with E-state index in [1.54, 1.807) is 11.8 Å². The second-order valence-electron chi connectivity index (χ2n) is 5.68. The quantitative estimate of drug-likeness (QED) is 0.800. The Morgan fingerprint density at radius 1 is 1.20 bits per heavy atom. The molecule has 0 radical (unpaired) electrons. The molecule has 0 spiro atoms. The van der Waals surface area contributed by atoms with Crippen molar-refractivity contribution in [2.75, 3.05) is 25.9 Å². The van der Waals surface area contributed by atoms with Gasteiger partial charge in [-0.05, 0) is 49.9 Å². The van der Waals surface area contributed by atoms with Crippen molar-refractivity contribution in [3.8, 4) is 0 Å². The molecule has 2 unspecified atom stereocenters. The number of piperazine rings is 1. The highest BCUT2D eigenvalue weighted by Gasteiger charge is 2.42. The van der Waals surface area contributed by atoms with Crippen LogP contribution in [0.2, 0.25) is 0 Å². The third-order valence-electron chi connectivity index (χ3n) is 4.58. The van der Waals surface area contributed by atoms with Crippen LogP contribution in [-0.4, -0.2) is 53.7 Å². The Kier molecular flexibility index (Phi) is 4.03. The number of likely N-dealkylation sites (tertiary alicyclic amines) is 1. The minimum absolute atomic E-state index is 0.223. The van der Waals surface area contributed by atoms with Gasteiger partial charge in [-0.1, -0.05) is 6.92 Å². The van der Waals surface area contributed by atoms with E-state index in [4.69, 9.17) is 0 Å². The molecule has 1 amide bonds. The molecule has 4 heteroatoms. The van der Waals surface area contributed by atoms with Crippen LogP contribution >= 0.6 is 11.8 Å². The fraction of sp³-hybridized carbons (Fsp3) is 0.562. The third-order valence-corrected chi connectivity index (χ3v) is 5.32. The number of hydrogen-bond donors (Lipinski definition) is 0. The van der Waals surface area contributed by atoms with Gasteiger partial charge in [-0.25, -0.2) is 0 Å². The molecule has 2 saturated heterocycles. The van der Waals surface area contributed by atoms with Crippen LogP contribution in [0.25, 0.3) is 0 Å². The fourth-order valence-electron chi connectivity index (χ4n) is 3.46. The molecule has 2 aliphatic rings. The SMILES string of the molecule is CCN1CC2CCC(C1)N2C(=O)c1ccc(SC)cc1. The van der Waals surface area contributed by atoms with Gasteiger partial charge in [0.05, 0.1) is 0 Å². The van der Waals surface area contributed by atoms with Crippen LogP contribution in [-0.2, 0) is 0 Å². The summed E-state index contributed by atoms with van der Waals surface area (Å²) in [5, 5.41) is 0. The summed E-state index contributed by atoms with van der Waals surface area (Å²) in [6.45, 7) is 5.39. The van der Waals surface area contributed by atoms with E-state index >= 15 is 0 Å². The number of amides is 1. The van der Waals surface area contributed by atoms with E-state index in [0.29, 0.717) is 12.1 Å². The number of likely N-dealkylation sites (N-methyl/N-ethyl adjacent to an activating group) is 1. The average molecular weight is 290 g/mol. The molecular weight excluding hydrogens is 268 g/mol. The number of benzene rings is 1. The van der Waals surface area contributed by atoms with Crippen LogP contribution in [0.1, 0.15) is 30.1 Å². The predicted octanol–water partition coefficient (Wildman–Crippen LogP) is 2.72. The second-order valence-corrected chi connectivity index (χ2v) is 6.56. The molecule has 2 atom stereocenters. The Bertz CT molecular complexity index is 474. The molecule has 2 aliphatic heterocycles. The van der Waals surface area contributed by atoms with Gasteiger partial charge in [0, 0.05) is 35.6 Å². The van der Waals surface area contributed by atoms with Crippen LogP contribution in [0.5, 0.6) is 0 Å². The summed E-state index contributed by atoms with van der Waals surface area (Å²) < 4.78 is 0. The van der Waals surface area contributed by atoms with Crippen molar-refractivity contribution in [3.05, 3.63) is 29.8 Å². The van der Waals surface area contributed by atoms with E-state index < -0.39 is 0 Å². The lowest BCUT2D eigenvalue weighted by Gasteiger charge is -2.40. The maximum atomic E-state index is 12.8. The van der Waals surface area contributed by atoms with E-state index in [1.807, 2.05) is 24.3 Å². The van der Waals surface area contributed by atoms with Gasteiger partial charge in [-0.2, -0.15) is 0 Å². The summed E-state index contributed by atoms with van der Waals surface area (Å²) >= 11 is 1.71. The molecule has 20 heavy (non-hydrogen) atoms. The number of carbonyl (C=O) groups excluding carboxylic acids is 1. The molecule has 1 aromatic carbocycles. The zero-order valence-electron chi connectivity index (χ0n) is 12.2. The van der Waals surface area contributed by atoms with Crippen LogP contribution in [0, 0.1) is 0 Å². The van der Waals surface area contributed by atoms with Gasteiger partial charge < -0.3 is 4.90 Å². The lowest BCUT2D eigenvalue weighted by atomic mass is 10.1. The Morgan fingerprint density at radius 2 is 1.80 bits per heavy atom. The lowest BCUT2D eigenvalue weighted by Crippen LogP contribution is -2.55. The number of carbonyl (C=O) groups is 1. The van der Waals surface area contributed by atoms with E-state index in [2.05, 4.69) is 23.0 Å². The van der Waals surface area contributed by atoms with Crippen molar-refractivity contribution < 1.29 is 4.79 Å². The summed E-state index contributed by atoms with van der Waals surface area (Å²) in [6.07, 6.45) is 4.38. The predicted molar refractivity (Wildman–Crippen MR) is 83.3 cm³/mol. The molecule has 108 valence electrons. The molecule has 2 fully saturated rings. The highest BCUT2D eigenvalue weighted by atomic mass is 32.2. The van der Waals surface area contributed by atoms with Gasteiger partial charge in [0.15, 0.2) is 0 Å². The molecule has 2 bridgehead atoms. The number of hydrogen-bond acceptors (Lipinski definition) is 3. The van der Waals surface area contributed by atoms with Crippen molar-refractivity contribution in [2.45, 2.75) is 36.7 Å². The fourth-order valence-corrected chi connectivity index (χ4v) is 3.87. The molecule has 0 aliphatic carbocycles. The Morgan fingerprint density at radius 3 is 2.30 bits per heavy atom. The molecule has 0 N–H and O–H groups in total. The second kappa shape index (κ2) is 5.78. The minimum atomic E-state index is 0.223. The monoisotopic (exact) mass is 290 g/mol. The van der Waals surface area contributed by atoms with Crippen LogP contribution in [0.15, 0.2) is 29.2 Å². The maximum absolute atomic E-state index is 12.8. The van der Waals surface area contributed by atoms with Gasteiger partial charge in [0.1, 0.15) is 0 Å². The first-order chi connectivity index (χ1) is 9.72. The Balaban J connectivity index is 1.77. The van der Waals surface area contributed by atoms with Crippen molar-refractivity contribution >= 4 is 17.7 Å². The Hall–Kier alpha value is -1.00. The molecular formula is C16H22N2OS. The lowest BCUT2D eigenvalue weighted by molar-refractivity contribution is 0.0433. The van der Waals surface area contributed by atoms with Crippen molar-refractivity contribution in [3.63, 3.8) is 0 Å².